The highest BCUT2D eigenvalue weighted by Gasteiger charge is 2.24. The van der Waals surface area contributed by atoms with Crippen molar-refractivity contribution in [3.63, 3.8) is 0 Å². The molecule has 2 aliphatic heterocycles. The number of hydrogen-bond donors (Lipinski definition) is 1. The molecule has 1 saturated heterocycles. The van der Waals surface area contributed by atoms with E-state index >= 15 is 0 Å². The van der Waals surface area contributed by atoms with Crippen LogP contribution in [0.4, 0.5) is 5.82 Å². The number of pyridine rings is 1. The minimum atomic E-state index is -0.0350. The van der Waals surface area contributed by atoms with Gasteiger partial charge in [0.25, 0.3) is 0 Å². The summed E-state index contributed by atoms with van der Waals surface area (Å²) in [6.45, 7) is 7.40. The second kappa shape index (κ2) is 10.5. The third-order valence-electron chi connectivity index (χ3n) is 5.05. The molecule has 1 N–H and O–H groups in total. The Morgan fingerprint density at radius 3 is 2.67 bits per heavy atom. The first-order chi connectivity index (χ1) is 14.6. The highest BCUT2D eigenvalue weighted by atomic mass is 16.6. The molecular formula is C23H34N2O5. The number of aromatic nitrogens is 1. The quantitative estimate of drug-likeness (QED) is 0.800. The Labute approximate surface area is 179 Å². The van der Waals surface area contributed by atoms with Crippen molar-refractivity contribution in [1.82, 2.24) is 4.57 Å². The van der Waals surface area contributed by atoms with E-state index in [1.807, 2.05) is 12.1 Å². The van der Waals surface area contributed by atoms with E-state index in [1.54, 1.807) is 26.4 Å². The molecule has 0 bridgehead atoms. The number of nitrogens with zero attached hydrogens (tertiary/aromatic N) is 1. The summed E-state index contributed by atoms with van der Waals surface area (Å²) < 4.78 is 24.3. The Bertz CT molecular complexity index is 910. The molecule has 7 nitrogen and oxygen atoms in total. The summed E-state index contributed by atoms with van der Waals surface area (Å²) in [7, 11) is 3.27. The highest BCUT2D eigenvalue weighted by molar-refractivity contribution is 5.73. The lowest BCUT2D eigenvalue weighted by molar-refractivity contribution is -0.0819. The lowest BCUT2D eigenvalue weighted by atomic mass is 9.95. The molecular weight excluding hydrogens is 384 g/mol. The fourth-order valence-electron chi connectivity index (χ4n) is 3.78. The van der Waals surface area contributed by atoms with Crippen molar-refractivity contribution in [2.45, 2.75) is 39.3 Å². The van der Waals surface area contributed by atoms with Gasteiger partial charge in [0.05, 0.1) is 45.8 Å². The molecule has 166 valence electrons. The van der Waals surface area contributed by atoms with Gasteiger partial charge in [-0.2, -0.15) is 0 Å². The normalized spacial score (nSPS) is 17.1. The van der Waals surface area contributed by atoms with Crippen LogP contribution in [0, 0.1) is 0 Å². The van der Waals surface area contributed by atoms with Crippen molar-refractivity contribution in [3.05, 3.63) is 40.1 Å². The van der Waals surface area contributed by atoms with Crippen molar-refractivity contribution < 1.29 is 20.4 Å². The highest BCUT2D eigenvalue weighted by Crippen LogP contribution is 2.41. The second-order valence-corrected chi connectivity index (χ2v) is 7.35. The van der Waals surface area contributed by atoms with Gasteiger partial charge in [-0.15, -0.1) is 0 Å². The van der Waals surface area contributed by atoms with Gasteiger partial charge in [0.15, 0.2) is 16.9 Å². The number of nitrogens with one attached hydrogen (secondary N) is 1. The first-order valence-electron chi connectivity index (χ1n) is 10.5. The molecule has 30 heavy (non-hydrogen) atoms. The maximum absolute atomic E-state index is 12.3. The number of ether oxygens (including phenoxy) is 4. The second-order valence-electron chi connectivity index (χ2n) is 7.35. The molecule has 1 aromatic carbocycles. The van der Waals surface area contributed by atoms with Crippen LogP contribution in [0.1, 0.15) is 27.3 Å². The Morgan fingerprint density at radius 1 is 1.20 bits per heavy atom. The average molecular weight is 419 g/mol. The number of fused-ring (bicyclic) bond motifs is 3. The SMILES string of the molecule is CCC.COc1ccc2c(c1OC)CCn1c(NCC3COCCO3)cc(=O)cc1-2.[HH]. The predicted octanol–water partition coefficient (Wildman–Crippen LogP) is 3.58. The molecule has 0 radical (unpaired) electrons. The Balaban J connectivity index is 0.000000808. The van der Waals surface area contributed by atoms with Gasteiger partial charge in [0.1, 0.15) is 5.82 Å². The van der Waals surface area contributed by atoms with E-state index < -0.39 is 0 Å². The summed E-state index contributed by atoms with van der Waals surface area (Å²) >= 11 is 0. The summed E-state index contributed by atoms with van der Waals surface area (Å²) in [6, 6.07) is 7.18. The molecule has 1 unspecified atom stereocenters. The molecule has 7 heteroatoms. The monoisotopic (exact) mass is 418 g/mol. The van der Waals surface area contributed by atoms with Gasteiger partial charge < -0.3 is 28.8 Å². The van der Waals surface area contributed by atoms with E-state index in [2.05, 4.69) is 23.7 Å². The van der Waals surface area contributed by atoms with Gasteiger partial charge >= 0.3 is 0 Å². The molecule has 0 spiro atoms. The summed E-state index contributed by atoms with van der Waals surface area (Å²) in [5.74, 6) is 2.24. The van der Waals surface area contributed by atoms with Crippen molar-refractivity contribution >= 4 is 5.82 Å². The van der Waals surface area contributed by atoms with Crippen molar-refractivity contribution in [3.8, 4) is 22.8 Å². The summed E-state index contributed by atoms with van der Waals surface area (Å²) in [5.41, 5.74) is 2.91. The zero-order chi connectivity index (χ0) is 21.5. The van der Waals surface area contributed by atoms with E-state index in [4.69, 9.17) is 18.9 Å². The number of anilines is 1. The van der Waals surface area contributed by atoms with Crippen LogP contribution >= 0.6 is 0 Å². The van der Waals surface area contributed by atoms with Crippen LogP contribution in [-0.2, 0) is 22.4 Å². The molecule has 0 aliphatic carbocycles. The molecule has 0 saturated carbocycles. The molecule has 3 heterocycles. The fraction of sp³-hybridized carbons (Fsp3) is 0.522. The van der Waals surface area contributed by atoms with Gasteiger partial charge in [0, 0.05) is 37.8 Å². The fourth-order valence-corrected chi connectivity index (χ4v) is 3.78. The number of methoxy groups -OCH3 is 2. The Morgan fingerprint density at radius 2 is 2.00 bits per heavy atom. The van der Waals surface area contributed by atoms with Gasteiger partial charge in [-0.3, -0.25) is 4.79 Å². The average Bonchev–Trinajstić information content (AvgIpc) is 2.77. The van der Waals surface area contributed by atoms with Crippen LogP contribution in [0.5, 0.6) is 11.5 Å². The molecule has 2 aromatic rings. The van der Waals surface area contributed by atoms with Gasteiger partial charge in [-0.05, 0) is 18.6 Å². The maximum atomic E-state index is 12.3. The van der Waals surface area contributed by atoms with Crippen molar-refractivity contribution in [1.29, 1.82) is 0 Å². The lowest BCUT2D eigenvalue weighted by Crippen LogP contribution is -2.35. The molecule has 1 fully saturated rings. The molecule has 4 rings (SSSR count). The van der Waals surface area contributed by atoms with Crippen LogP contribution in [0.25, 0.3) is 11.3 Å². The van der Waals surface area contributed by atoms with Crippen LogP contribution < -0.4 is 20.2 Å². The molecule has 1 aromatic heterocycles. The van der Waals surface area contributed by atoms with Crippen LogP contribution in [0.3, 0.4) is 0 Å². The summed E-state index contributed by atoms with van der Waals surface area (Å²) in [4.78, 5) is 12.3. The van der Waals surface area contributed by atoms with E-state index in [-0.39, 0.29) is 13.0 Å². The number of benzene rings is 1. The van der Waals surface area contributed by atoms with Gasteiger partial charge in [-0.1, -0.05) is 20.3 Å². The first kappa shape index (κ1) is 22.2. The number of rotatable bonds is 5. The van der Waals surface area contributed by atoms with E-state index in [9.17, 15) is 4.79 Å². The Hall–Kier alpha value is -2.51. The molecule has 2 aliphatic rings. The van der Waals surface area contributed by atoms with Gasteiger partial charge in [-0.25, -0.2) is 0 Å². The van der Waals surface area contributed by atoms with E-state index in [1.165, 1.54) is 6.42 Å². The summed E-state index contributed by atoms with van der Waals surface area (Å²) in [5, 5.41) is 3.37. The maximum Gasteiger partial charge on any atom is 0.184 e. The lowest BCUT2D eigenvalue weighted by Gasteiger charge is -2.29. The van der Waals surface area contributed by atoms with Crippen LogP contribution in [-0.4, -0.2) is 51.3 Å². The number of hydrogen-bond acceptors (Lipinski definition) is 6. The Kier molecular flexibility index (Phi) is 7.76. The zero-order valence-corrected chi connectivity index (χ0v) is 18.3. The smallest absolute Gasteiger partial charge is 0.184 e. The van der Waals surface area contributed by atoms with E-state index in [0.29, 0.717) is 32.1 Å². The summed E-state index contributed by atoms with van der Waals surface area (Å²) in [6.07, 6.45) is 2.04. The topological polar surface area (TPSA) is 71.0 Å². The van der Waals surface area contributed by atoms with E-state index in [0.717, 1.165) is 41.4 Å². The molecule has 0 amide bonds. The van der Waals surface area contributed by atoms with Crippen molar-refractivity contribution in [2.75, 3.05) is 45.9 Å². The van der Waals surface area contributed by atoms with Crippen LogP contribution in [0.15, 0.2) is 29.1 Å². The minimum absolute atomic E-state index is 0. The zero-order valence-electron chi connectivity index (χ0n) is 18.3. The third kappa shape index (κ3) is 4.79. The van der Waals surface area contributed by atoms with Gasteiger partial charge in [0.2, 0.25) is 0 Å². The largest absolute Gasteiger partial charge is 0.493 e. The first-order valence-corrected chi connectivity index (χ1v) is 10.5. The minimum Gasteiger partial charge on any atom is -0.493 e. The third-order valence-corrected chi connectivity index (χ3v) is 5.05. The predicted molar refractivity (Wildman–Crippen MR) is 120 cm³/mol. The van der Waals surface area contributed by atoms with Crippen LogP contribution in [0.2, 0.25) is 0 Å². The standard InChI is InChI=1S/C20H24N2O5.C3H8.H2/c1-24-18-4-3-15-16(20(18)25-2)5-6-22-17(15)9-13(23)10-19(22)21-11-14-12-26-7-8-27-14;1-3-2;/h3-4,9-10,14,21H,5-8,11-12H2,1-2H3;3H2,1-2H3;1H. The molecule has 1 atom stereocenters. The van der Waals surface area contributed by atoms with Crippen molar-refractivity contribution in [2.24, 2.45) is 0 Å².